The summed E-state index contributed by atoms with van der Waals surface area (Å²) in [6, 6.07) is 6.30. The molecule has 6 heteroatoms. The first kappa shape index (κ1) is 13.2. The molecule has 1 heterocycles. The van der Waals surface area contributed by atoms with E-state index in [1.807, 2.05) is 13.8 Å². The molecule has 0 radical (unpaired) electrons. The summed E-state index contributed by atoms with van der Waals surface area (Å²) >= 11 is -0.556. The van der Waals surface area contributed by atoms with Crippen LogP contribution in [0.2, 0.25) is 0 Å². The molecule has 0 aliphatic heterocycles. The fourth-order valence-electron chi connectivity index (χ4n) is 1.50. The molecule has 0 aliphatic carbocycles. The minimum Gasteiger partial charge on any atom is -0.768 e. The second-order valence-electron chi connectivity index (χ2n) is 3.73. The van der Waals surface area contributed by atoms with Gasteiger partial charge in [0.15, 0.2) is 0 Å². The molecule has 0 bridgehead atoms. The molecule has 2 aromatic rings. The van der Waals surface area contributed by atoms with Gasteiger partial charge in [0.2, 0.25) is 0 Å². The third-order valence-corrected chi connectivity index (χ3v) is 3.98. The number of hydrogen-bond acceptors (Lipinski definition) is 5. The number of aryl methyl sites for hydroxylation is 2. The van der Waals surface area contributed by atoms with Gasteiger partial charge in [-0.3, -0.25) is 4.21 Å². The van der Waals surface area contributed by atoms with E-state index in [2.05, 4.69) is 4.98 Å². The van der Waals surface area contributed by atoms with Crippen LogP contribution in [0.3, 0.4) is 0 Å². The Kier molecular flexibility index (Phi) is 4.11. The van der Waals surface area contributed by atoms with Gasteiger partial charge in [0, 0.05) is 9.77 Å². The van der Waals surface area contributed by atoms with Crippen LogP contribution in [0.5, 0.6) is 5.75 Å². The van der Waals surface area contributed by atoms with Crippen molar-refractivity contribution in [1.82, 2.24) is 4.98 Å². The van der Waals surface area contributed by atoms with Crippen molar-refractivity contribution in [2.75, 3.05) is 0 Å². The number of ether oxygens (including phenoxy) is 1. The molecule has 0 saturated heterocycles. The van der Waals surface area contributed by atoms with Crippen molar-refractivity contribution in [2.24, 2.45) is 0 Å². The highest BCUT2D eigenvalue weighted by Crippen LogP contribution is 2.19. The monoisotopic (exact) mass is 282 g/mol. The van der Waals surface area contributed by atoms with Gasteiger partial charge in [0.05, 0.1) is 10.7 Å². The molecule has 1 aromatic heterocycles. The van der Waals surface area contributed by atoms with Gasteiger partial charge in [-0.1, -0.05) is 0 Å². The fourth-order valence-corrected chi connectivity index (χ4v) is 2.68. The summed E-state index contributed by atoms with van der Waals surface area (Å²) in [4.78, 5) is 5.76. The second-order valence-corrected chi connectivity index (χ2v) is 6.08. The molecule has 0 aliphatic rings. The molecule has 0 N–H and O–H groups in total. The van der Waals surface area contributed by atoms with Gasteiger partial charge in [-0.2, -0.15) is 0 Å². The molecule has 18 heavy (non-hydrogen) atoms. The van der Waals surface area contributed by atoms with Crippen LogP contribution in [0, 0.1) is 13.8 Å². The summed E-state index contributed by atoms with van der Waals surface area (Å²) in [5.41, 5.74) is 0.925. The van der Waals surface area contributed by atoms with Crippen LogP contribution < -0.4 is 4.74 Å². The number of thiazole rings is 1. The quantitative estimate of drug-likeness (QED) is 0.809. The van der Waals surface area contributed by atoms with E-state index in [9.17, 15) is 8.76 Å². The summed E-state index contributed by atoms with van der Waals surface area (Å²) in [7, 11) is 0. The van der Waals surface area contributed by atoms with Crippen molar-refractivity contribution in [3.05, 3.63) is 39.8 Å². The van der Waals surface area contributed by atoms with Crippen molar-refractivity contribution in [2.45, 2.75) is 25.3 Å². The number of aromatic nitrogens is 1. The van der Waals surface area contributed by atoms with E-state index in [1.54, 1.807) is 23.5 Å². The Hall–Kier alpha value is -1.24. The van der Waals surface area contributed by atoms with Gasteiger partial charge in [-0.25, -0.2) is 4.98 Å². The third-order valence-electron chi connectivity index (χ3n) is 2.39. The van der Waals surface area contributed by atoms with Gasteiger partial charge in [-0.05, 0) is 49.2 Å². The number of hydrogen-bond donors (Lipinski definition) is 0. The average Bonchev–Trinajstić information content (AvgIpc) is 2.66. The molecule has 96 valence electrons. The SMILES string of the molecule is Cc1nc(COc2ccc(S(=O)[O-])cc2)c(C)s1. The Morgan fingerprint density at radius 1 is 1.33 bits per heavy atom. The molecule has 0 fully saturated rings. The molecule has 0 amide bonds. The van der Waals surface area contributed by atoms with E-state index in [1.165, 1.54) is 12.1 Å². The minimum absolute atomic E-state index is 0.253. The van der Waals surface area contributed by atoms with Crippen molar-refractivity contribution < 1.29 is 13.5 Å². The maximum atomic E-state index is 10.7. The van der Waals surface area contributed by atoms with Crippen molar-refractivity contribution in [3.8, 4) is 5.75 Å². The Morgan fingerprint density at radius 2 is 2.00 bits per heavy atom. The molecular weight excluding hydrogens is 270 g/mol. The van der Waals surface area contributed by atoms with Gasteiger partial charge in [0.1, 0.15) is 12.4 Å². The van der Waals surface area contributed by atoms with E-state index in [4.69, 9.17) is 4.74 Å². The molecule has 0 spiro atoms. The van der Waals surface area contributed by atoms with Gasteiger partial charge < -0.3 is 9.29 Å². The predicted octanol–water partition coefficient (Wildman–Crippen LogP) is 2.58. The smallest absolute Gasteiger partial charge is 0.131 e. The normalized spacial score (nSPS) is 12.4. The lowest BCUT2D eigenvalue weighted by Gasteiger charge is -2.07. The second kappa shape index (κ2) is 5.60. The van der Waals surface area contributed by atoms with Crippen LogP contribution in [-0.2, 0) is 17.7 Å². The maximum absolute atomic E-state index is 10.7. The van der Waals surface area contributed by atoms with Gasteiger partial charge in [0.25, 0.3) is 0 Å². The molecule has 4 nitrogen and oxygen atoms in total. The lowest BCUT2D eigenvalue weighted by molar-refractivity contribution is 0.301. The molecular formula is C12H12NO3S2-. The van der Waals surface area contributed by atoms with E-state index >= 15 is 0 Å². The minimum atomic E-state index is -2.19. The standard InChI is InChI=1S/C12H13NO3S2/c1-8-12(13-9(2)17-8)7-16-10-3-5-11(6-4-10)18(14)15/h3-6H,7H2,1-2H3,(H,14,15)/p-1. The van der Waals surface area contributed by atoms with Crippen LogP contribution in [0.4, 0.5) is 0 Å². The molecule has 2 rings (SSSR count). The van der Waals surface area contributed by atoms with Crippen molar-refractivity contribution in [3.63, 3.8) is 0 Å². The zero-order valence-corrected chi connectivity index (χ0v) is 11.6. The first-order chi connectivity index (χ1) is 8.56. The average molecular weight is 282 g/mol. The van der Waals surface area contributed by atoms with E-state index in [0.29, 0.717) is 12.4 Å². The molecule has 1 atom stereocenters. The first-order valence-electron chi connectivity index (χ1n) is 5.31. The Bertz CT molecular complexity index is 563. The van der Waals surface area contributed by atoms with Gasteiger partial charge in [-0.15, -0.1) is 11.3 Å². The van der Waals surface area contributed by atoms with Crippen LogP contribution in [0.1, 0.15) is 15.6 Å². The topological polar surface area (TPSA) is 62.2 Å². The summed E-state index contributed by atoms with van der Waals surface area (Å²) in [5, 5.41) is 1.02. The molecule has 1 aromatic carbocycles. The number of rotatable bonds is 4. The zero-order chi connectivity index (χ0) is 13.1. The Balaban J connectivity index is 2.02. The van der Waals surface area contributed by atoms with Crippen LogP contribution in [0.15, 0.2) is 29.2 Å². The van der Waals surface area contributed by atoms with E-state index in [0.717, 1.165) is 15.6 Å². The van der Waals surface area contributed by atoms with Crippen molar-refractivity contribution in [1.29, 1.82) is 0 Å². The highest BCUT2D eigenvalue weighted by Gasteiger charge is 2.05. The summed E-state index contributed by atoms with van der Waals surface area (Å²) < 4.78 is 26.9. The lowest BCUT2D eigenvalue weighted by atomic mass is 10.3. The highest BCUT2D eigenvalue weighted by molar-refractivity contribution is 7.79. The third kappa shape index (κ3) is 3.16. The summed E-state index contributed by atoms with van der Waals surface area (Å²) in [6.07, 6.45) is 0. The Labute approximate surface area is 112 Å². The largest absolute Gasteiger partial charge is 0.768 e. The summed E-state index contributed by atoms with van der Waals surface area (Å²) in [6.45, 7) is 4.36. The van der Waals surface area contributed by atoms with Crippen LogP contribution >= 0.6 is 11.3 Å². The zero-order valence-electron chi connectivity index (χ0n) is 10.0. The number of benzene rings is 1. The summed E-state index contributed by atoms with van der Waals surface area (Å²) in [5.74, 6) is 0.634. The van der Waals surface area contributed by atoms with Crippen LogP contribution in [-0.4, -0.2) is 13.7 Å². The van der Waals surface area contributed by atoms with E-state index < -0.39 is 11.1 Å². The highest BCUT2D eigenvalue weighted by atomic mass is 32.2. The Morgan fingerprint density at radius 3 is 2.50 bits per heavy atom. The fraction of sp³-hybridized carbons (Fsp3) is 0.250. The maximum Gasteiger partial charge on any atom is 0.131 e. The molecule has 0 saturated carbocycles. The van der Waals surface area contributed by atoms with Crippen LogP contribution in [0.25, 0.3) is 0 Å². The predicted molar refractivity (Wildman–Crippen MR) is 69.5 cm³/mol. The molecule has 1 unspecified atom stereocenters. The van der Waals surface area contributed by atoms with E-state index in [-0.39, 0.29) is 4.90 Å². The van der Waals surface area contributed by atoms with Gasteiger partial charge >= 0.3 is 0 Å². The lowest BCUT2D eigenvalue weighted by Crippen LogP contribution is -1.98. The van der Waals surface area contributed by atoms with Crippen molar-refractivity contribution >= 4 is 22.4 Å². The first-order valence-corrected chi connectivity index (χ1v) is 7.20. The number of nitrogens with zero attached hydrogens (tertiary/aromatic N) is 1.